The second kappa shape index (κ2) is 5.86. The van der Waals surface area contributed by atoms with Gasteiger partial charge in [-0.25, -0.2) is 0 Å². The smallest absolute Gasteiger partial charge is 0.307 e. The van der Waals surface area contributed by atoms with E-state index in [-0.39, 0.29) is 12.3 Å². The molecule has 0 unspecified atom stereocenters. The topological polar surface area (TPSA) is 66.4 Å². The summed E-state index contributed by atoms with van der Waals surface area (Å²) >= 11 is 7.18. The van der Waals surface area contributed by atoms with Crippen LogP contribution in [0.25, 0.3) is 0 Å². The fourth-order valence-corrected chi connectivity index (χ4v) is 2.36. The van der Waals surface area contributed by atoms with Crippen molar-refractivity contribution in [2.45, 2.75) is 6.42 Å². The summed E-state index contributed by atoms with van der Waals surface area (Å²) in [6, 6.07) is 8.21. The molecule has 1 amide bonds. The van der Waals surface area contributed by atoms with Gasteiger partial charge in [-0.05, 0) is 29.1 Å². The summed E-state index contributed by atoms with van der Waals surface area (Å²) in [4.78, 5) is 23.3. The van der Waals surface area contributed by atoms with Crippen LogP contribution in [0.15, 0.2) is 35.7 Å². The number of halogens is 1. The third-order valence-corrected chi connectivity index (χ3v) is 3.51. The molecule has 98 valence electrons. The lowest BCUT2D eigenvalue weighted by atomic mass is 10.1. The van der Waals surface area contributed by atoms with E-state index in [4.69, 9.17) is 16.7 Å². The van der Waals surface area contributed by atoms with Crippen molar-refractivity contribution in [2.75, 3.05) is 5.32 Å². The molecule has 0 radical (unpaired) electrons. The number of benzene rings is 1. The number of aliphatic carboxylic acids is 1. The van der Waals surface area contributed by atoms with Crippen molar-refractivity contribution in [2.24, 2.45) is 0 Å². The van der Waals surface area contributed by atoms with Crippen LogP contribution in [0.2, 0.25) is 5.02 Å². The number of carbonyl (C=O) groups excluding carboxylic acids is 1. The van der Waals surface area contributed by atoms with Crippen LogP contribution in [0.1, 0.15) is 15.2 Å². The Balaban J connectivity index is 2.25. The quantitative estimate of drug-likeness (QED) is 0.909. The highest BCUT2D eigenvalue weighted by Crippen LogP contribution is 2.23. The summed E-state index contributed by atoms with van der Waals surface area (Å²) in [5.74, 6) is -1.24. The maximum atomic E-state index is 11.9. The Kier molecular flexibility index (Phi) is 4.19. The summed E-state index contributed by atoms with van der Waals surface area (Å²) in [7, 11) is 0. The average Bonchev–Trinajstić information content (AvgIpc) is 2.86. The summed E-state index contributed by atoms with van der Waals surface area (Å²) < 4.78 is 0. The lowest BCUT2D eigenvalue weighted by Gasteiger charge is -2.09. The predicted octanol–water partition coefficient (Wildman–Crippen LogP) is 3.28. The summed E-state index contributed by atoms with van der Waals surface area (Å²) in [6.45, 7) is 0. The molecule has 0 spiro atoms. The fraction of sp³-hybridized carbons (Fsp3) is 0.0769. The molecule has 4 nitrogen and oxygen atoms in total. The zero-order valence-electron chi connectivity index (χ0n) is 9.72. The van der Waals surface area contributed by atoms with Gasteiger partial charge in [0, 0.05) is 10.7 Å². The van der Waals surface area contributed by atoms with Crippen molar-refractivity contribution in [1.82, 2.24) is 0 Å². The van der Waals surface area contributed by atoms with Crippen LogP contribution in [-0.4, -0.2) is 17.0 Å². The van der Waals surface area contributed by atoms with Crippen LogP contribution in [0.5, 0.6) is 0 Å². The van der Waals surface area contributed by atoms with Crippen LogP contribution < -0.4 is 5.32 Å². The number of carboxylic acid groups (broad SMARTS) is 1. The van der Waals surface area contributed by atoms with Gasteiger partial charge >= 0.3 is 5.97 Å². The molecule has 0 aliphatic carbocycles. The summed E-state index contributed by atoms with van der Waals surface area (Å²) in [5.41, 5.74) is 0.940. The highest BCUT2D eigenvalue weighted by atomic mass is 35.5. The van der Waals surface area contributed by atoms with Gasteiger partial charge in [0.05, 0.1) is 11.3 Å². The van der Waals surface area contributed by atoms with E-state index < -0.39 is 5.97 Å². The van der Waals surface area contributed by atoms with Crippen molar-refractivity contribution in [3.63, 3.8) is 0 Å². The number of hydrogen-bond acceptors (Lipinski definition) is 3. The van der Waals surface area contributed by atoms with Gasteiger partial charge in [-0.15, -0.1) is 11.3 Å². The summed E-state index contributed by atoms with van der Waals surface area (Å²) in [5, 5.41) is 13.8. The van der Waals surface area contributed by atoms with Crippen LogP contribution in [0.4, 0.5) is 5.69 Å². The number of carbonyl (C=O) groups is 2. The minimum Gasteiger partial charge on any atom is -0.481 e. The molecule has 6 heteroatoms. The number of hydrogen-bond donors (Lipinski definition) is 2. The number of nitrogens with one attached hydrogen (secondary N) is 1. The number of anilines is 1. The van der Waals surface area contributed by atoms with Gasteiger partial charge in [-0.3, -0.25) is 9.59 Å². The van der Waals surface area contributed by atoms with Crippen molar-refractivity contribution in [3.8, 4) is 0 Å². The van der Waals surface area contributed by atoms with E-state index in [0.29, 0.717) is 21.2 Å². The van der Waals surface area contributed by atoms with Gasteiger partial charge in [0.1, 0.15) is 0 Å². The van der Waals surface area contributed by atoms with Gasteiger partial charge in [0.15, 0.2) is 0 Å². The molecular weight excluding hydrogens is 286 g/mol. The first-order valence-corrected chi connectivity index (χ1v) is 6.67. The molecule has 0 aliphatic heterocycles. The number of rotatable bonds is 4. The van der Waals surface area contributed by atoms with Crippen molar-refractivity contribution >= 4 is 40.5 Å². The van der Waals surface area contributed by atoms with Crippen molar-refractivity contribution in [3.05, 3.63) is 51.2 Å². The molecule has 2 aromatic rings. The van der Waals surface area contributed by atoms with Gasteiger partial charge in [0.25, 0.3) is 5.91 Å². The lowest BCUT2D eigenvalue weighted by molar-refractivity contribution is -0.136. The zero-order chi connectivity index (χ0) is 13.8. The minimum atomic E-state index is -0.964. The fourth-order valence-electron chi connectivity index (χ4n) is 1.57. The van der Waals surface area contributed by atoms with Crippen LogP contribution in [0.3, 0.4) is 0 Å². The maximum absolute atomic E-state index is 11.9. The van der Waals surface area contributed by atoms with Gasteiger partial charge in [-0.1, -0.05) is 23.7 Å². The second-order valence-corrected chi connectivity index (χ2v) is 5.19. The van der Waals surface area contributed by atoms with E-state index in [1.165, 1.54) is 11.3 Å². The van der Waals surface area contributed by atoms with Crippen LogP contribution in [-0.2, 0) is 11.2 Å². The lowest BCUT2D eigenvalue weighted by Crippen LogP contribution is -2.13. The Hall–Kier alpha value is -1.85. The standard InChI is InChI=1S/C13H10ClNO3S/c14-9-4-3-8(6-12(16)17)10(7-9)15-13(18)11-2-1-5-19-11/h1-5,7H,6H2,(H,15,18)(H,16,17). The first-order chi connectivity index (χ1) is 9.06. The molecule has 0 saturated carbocycles. The highest BCUT2D eigenvalue weighted by Gasteiger charge is 2.12. The molecule has 1 aromatic carbocycles. The largest absolute Gasteiger partial charge is 0.481 e. The Morgan fingerprint density at radius 3 is 2.74 bits per heavy atom. The van der Waals surface area contributed by atoms with Crippen molar-refractivity contribution in [1.29, 1.82) is 0 Å². The average molecular weight is 296 g/mol. The Morgan fingerprint density at radius 2 is 2.11 bits per heavy atom. The van der Waals surface area contributed by atoms with Crippen molar-refractivity contribution < 1.29 is 14.7 Å². The van der Waals surface area contributed by atoms with Gasteiger partial charge < -0.3 is 10.4 Å². The molecular formula is C13H10ClNO3S. The van der Waals surface area contributed by atoms with E-state index in [1.807, 2.05) is 0 Å². The van der Waals surface area contributed by atoms with E-state index in [0.717, 1.165) is 0 Å². The van der Waals surface area contributed by atoms with E-state index in [9.17, 15) is 9.59 Å². The van der Waals surface area contributed by atoms with Gasteiger partial charge in [-0.2, -0.15) is 0 Å². The normalized spacial score (nSPS) is 10.2. The molecule has 0 aliphatic rings. The Morgan fingerprint density at radius 1 is 1.32 bits per heavy atom. The second-order valence-electron chi connectivity index (χ2n) is 3.80. The van der Waals surface area contributed by atoms with Gasteiger partial charge in [0.2, 0.25) is 0 Å². The molecule has 1 heterocycles. The molecule has 0 bridgehead atoms. The SMILES string of the molecule is O=C(O)Cc1ccc(Cl)cc1NC(=O)c1cccs1. The Labute approximate surface area is 118 Å². The third-order valence-electron chi connectivity index (χ3n) is 2.41. The molecule has 0 saturated heterocycles. The third kappa shape index (κ3) is 3.56. The van der Waals surface area contributed by atoms with E-state index in [1.54, 1.807) is 35.7 Å². The van der Waals surface area contributed by atoms with E-state index in [2.05, 4.69) is 5.32 Å². The summed E-state index contributed by atoms with van der Waals surface area (Å²) in [6.07, 6.45) is -0.169. The Bertz CT molecular complexity index is 610. The molecule has 2 N–H and O–H groups in total. The van der Waals surface area contributed by atoms with E-state index >= 15 is 0 Å². The predicted molar refractivity (Wildman–Crippen MR) is 75.1 cm³/mol. The zero-order valence-corrected chi connectivity index (χ0v) is 11.3. The number of carboxylic acids is 1. The van der Waals surface area contributed by atoms with Crippen LogP contribution in [0, 0.1) is 0 Å². The monoisotopic (exact) mass is 295 g/mol. The molecule has 0 atom stereocenters. The minimum absolute atomic E-state index is 0.169. The van der Waals surface area contributed by atoms with Crippen LogP contribution >= 0.6 is 22.9 Å². The molecule has 19 heavy (non-hydrogen) atoms. The molecule has 2 rings (SSSR count). The molecule has 0 fully saturated rings. The first kappa shape index (κ1) is 13.6. The maximum Gasteiger partial charge on any atom is 0.307 e. The number of thiophene rings is 1. The molecule has 1 aromatic heterocycles. The first-order valence-electron chi connectivity index (χ1n) is 5.41. The number of amides is 1. The highest BCUT2D eigenvalue weighted by molar-refractivity contribution is 7.12.